The largest absolute Gasteiger partial charge is 0.453 e. The van der Waals surface area contributed by atoms with Crippen LogP contribution in [-0.4, -0.2) is 38.7 Å². The summed E-state index contributed by atoms with van der Waals surface area (Å²) in [5.41, 5.74) is 6.35. The molecule has 0 fully saturated rings. The summed E-state index contributed by atoms with van der Waals surface area (Å²) < 4.78 is 10.3. The minimum absolute atomic E-state index is 0.100. The lowest BCUT2D eigenvalue weighted by Crippen LogP contribution is -2.27. The van der Waals surface area contributed by atoms with E-state index in [0.717, 1.165) is 9.36 Å². The van der Waals surface area contributed by atoms with Crippen molar-refractivity contribution >= 4 is 34.6 Å². The van der Waals surface area contributed by atoms with Crippen molar-refractivity contribution in [3.63, 3.8) is 0 Å². The van der Waals surface area contributed by atoms with E-state index in [9.17, 15) is 14.4 Å². The summed E-state index contributed by atoms with van der Waals surface area (Å²) >= 11 is 0. The van der Waals surface area contributed by atoms with Gasteiger partial charge in [0, 0.05) is 0 Å². The van der Waals surface area contributed by atoms with Gasteiger partial charge in [-0.15, -0.1) is 5.10 Å². The van der Waals surface area contributed by atoms with E-state index < -0.39 is 17.8 Å². The molecule has 3 aromatic rings. The fourth-order valence-electron chi connectivity index (χ4n) is 2.08. The van der Waals surface area contributed by atoms with Gasteiger partial charge in [-0.3, -0.25) is 10.1 Å². The van der Waals surface area contributed by atoms with Gasteiger partial charge >= 0.3 is 11.8 Å². The van der Waals surface area contributed by atoms with E-state index in [-0.39, 0.29) is 29.1 Å². The van der Waals surface area contributed by atoms with Gasteiger partial charge in [-0.1, -0.05) is 6.07 Å². The second kappa shape index (κ2) is 5.87. The van der Waals surface area contributed by atoms with Crippen molar-refractivity contribution < 1.29 is 18.7 Å². The van der Waals surface area contributed by atoms with Crippen molar-refractivity contribution in [2.45, 2.75) is 6.54 Å². The number of carbonyl (C=O) groups excluding carboxylic acids is 2. The first-order valence-corrected chi connectivity index (χ1v) is 6.68. The maximum absolute atomic E-state index is 12.4. The fourth-order valence-corrected chi connectivity index (χ4v) is 2.08. The predicted molar refractivity (Wildman–Crippen MR) is 81.6 cm³/mol. The minimum atomic E-state index is -0.854. The second-order valence-electron chi connectivity index (χ2n) is 4.67. The van der Waals surface area contributed by atoms with Crippen LogP contribution >= 0.6 is 0 Å². The highest BCUT2D eigenvalue weighted by atomic mass is 16.5. The molecule has 3 rings (SSSR count). The third-order valence-electron chi connectivity index (χ3n) is 3.12. The van der Waals surface area contributed by atoms with Crippen molar-refractivity contribution in [2.75, 3.05) is 18.2 Å². The number of para-hydroxylation sites is 1. The lowest BCUT2D eigenvalue weighted by atomic mass is 10.3. The van der Waals surface area contributed by atoms with E-state index in [1.54, 1.807) is 12.1 Å². The number of hydrogen-bond donors (Lipinski definition) is 2. The Morgan fingerprint density at radius 1 is 1.42 bits per heavy atom. The molecule has 0 atom stereocenters. The number of benzene rings is 1. The number of hydrogen-bond acceptors (Lipinski definition) is 8. The minimum Gasteiger partial charge on any atom is -0.453 e. The molecule has 2 heterocycles. The Morgan fingerprint density at radius 3 is 2.96 bits per heavy atom. The molecule has 0 aliphatic heterocycles. The zero-order valence-electron chi connectivity index (χ0n) is 12.4. The average molecular weight is 332 g/mol. The Bertz CT molecular complexity index is 984. The van der Waals surface area contributed by atoms with Crippen LogP contribution in [0, 0.1) is 0 Å². The molecule has 0 spiro atoms. The van der Waals surface area contributed by atoms with Gasteiger partial charge in [0.05, 0.1) is 19.0 Å². The molecular weight excluding hydrogens is 320 g/mol. The molecule has 0 radical (unpaired) electrons. The number of nitrogens with two attached hydrogens (primary N) is 1. The molecule has 0 saturated heterocycles. The standard InChI is InChI=1S/C13H12N6O5/c1-23-12(21)16-9-5-15-18(17-9)6-10(20)19-8-4-2-3-7(14)11(8)24-13(19)22/h2-5H,6,14H2,1H3,(H,16,17,21). The molecule has 11 nitrogen and oxygen atoms in total. The van der Waals surface area contributed by atoms with E-state index >= 15 is 0 Å². The molecule has 2 aromatic heterocycles. The monoisotopic (exact) mass is 332 g/mol. The summed E-state index contributed by atoms with van der Waals surface area (Å²) in [5, 5.41) is 10.00. The van der Waals surface area contributed by atoms with E-state index in [2.05, 4.69) is 20.3 Å². The Morgan fingerprint density at radius 2 is 2.21 bits per heavy atom. The quantitative estimate of drug-likeness (QED) is 0.650. The lowest BCUT2D eigenvalue weighted by Gasteiger charge is -2.01. The van der Waals surface area contributed by atoms with Crippen LogP contribution in [0.2, 0.25) is 0 Å². The van der Waals surface area contributed by atoms with Crippen molar-refractivity contribution in [1.82, 2.24) is 19.6 Å². The Balaban J connectivity index is 1.86. The Kier molecular flexibility index (Phi) is 3.74. The van der Waals surface area contributed by atoms with Gasteiger partial charge in [0.25, 0.3) is 5.91 Å². The topological polar surface area (TPSA) is 147 Å². The van der Waals surface area contributed by atoms with Crippen LogP contribution in [0.25, 0.3) is 11.1 Å². The van der Waals surface area contributed by atoms with Gasteiger partial charge in [-0.2, -0.15) is 9.90 Å². The zero-order valence-corrected chi connectivity index (χ0v) is 12.4. The molecule has 0 unspecified atom stereocenters. The van der Waals surface area contributed by atoms with Crippen molar-refractivity contribution in [3.05, 3.63) is 34.9 Å². The molecule has 124 valence electrons. The number of nitrogens with zero attached hydrogens (tertiary/aromatic N) is 4. The third-order valence-corrected chi connectivity index (χ3v) is 3.12. The molecular formula is C13H12N6O5. The van der Waals surface area contributed by atoms with Gasteiger partial charge < -0.3 is 14.9 Å². The number of nitrogen functional groups attached to an aromatic ring is 1. The van der Waals surface area contributed by atoms with E-state index in [0.29, 0.717) is 0 Å². The normalized spacial score (nSPS) is 10.7. The van der Waals surface area contributed by atoms with Crippen molar-refractivity contribution in [1.29, 1.82) is 0 Å². The van der Waals surface area contributed by atoms with Crippen LogP contribution in [0.4, 0.5) is 16.3 Å². The molecule has 0 bridgehead atoms. The summed E-state index contributed by atoms with van der Waals surface area (Å²) in [4.78, 5) is 36.4. The third kappa shape index (κ3) is 2.69. The Labute approximate surface area is 133 Å². The molecule has 1 amide bonds. The molecule has 3 N–H and O–H groups in total. The highest BCUT2D eigenvalue weighted by Crippen LogP contribution is 2.19. The van der Waals surface area contributed by atoms with Crippen LogP contribution in [0.5, 0.6) is 0 Å². The number of oxazole rings is 1. The van der Waals surface area contributed by atoms with Crippen molar-refractivity contribution in [2.24, 2.45) is 0 Å². The molecule has 0 aliphatic carbocycles. The molecule has 11 heteroatoms. The number of anilines is 2. The van der Waals surface area contributed by atoms with Crippen molar-refractivity contribution in [3.8, 4) is 0 Å². The van der Waals surface area contributed by atoms with E-state index in [1.807, 2.05) is 0 Å². The maximum Gasteiger partial charge on any atom is 0.427 e. The first kappa shape index (κ1) is 15.3. The summed E-state index contributed by atoms with van der Waals surface area (Å²) in [6.45, 7) is -0.341. The predicted octanol–water partition coefficient (Wildman–Crippen LogP) is 0.287. The van der Waals surface area contributed by atoms with Crippen LogP contribution in [0.15, 0.2) is 33.6 Å². The number of methoxy groups -OCH3 is 1. The highest BCUT2D eigenvalue weighted by molar-refractivity contribution is 5.93. The van der Waals surface area contributed by atoms with Gasteiger partial charge in [0.15, 0.2) is 11.4 Å². The Hall–Kier alpha value is -3.63. The van der Waals surface area contributed by atoms with E-state index in [1.165, 1.54) is 19.4 Å². The summed E-state index contributed by atoms with van der Waals surface area (Å²) in [6.07, 6.45) is 0.513. The maximum atomic E-state index is 12.4. The number of carbonyl (C=O) groups is 2. The van der Waals surface area contributed by atoms with Gasteiger partial charge in [0.1, 0.15) is 12.1 Å². The van der Waals surface area contributed by atoms with Gasteiger partial charge in [0.2, 0.25) is 0 Å². The second-order valence-corrected chi connectivity index (χ2v) is 4.67. The molecule has 1 aromatic carbocycles. The molecule has 0 saturated carbocycles. The number of aromatic nitrogens is 4. The first-order valence-electron chi connectivity index (χ1n) is 6.68. The summed E-state index contributed by atoms with van der Waals surface area (Å²) in [5.74, 6) is -1.37. The van der Waals surface area contributed by atoms with Crippen LogP contribution < -0.4 is 16.8 Å². The number of rotatable bonds is 3. The fraction of sp³-hybridized carbons (Fsp3) is 0.154. The first-order chi connectivity index (χ1) is 11.5. The number of ether oxygens (including phenoxy) is 1. The average Bonchev–Trinajstić information content (AvgIpc) is 3.11. The summed E-state index contributed by atoms with van der Waals surface area (Å²) in [6, 6.07) is 4.69. The van der Waals surface area contributed by atoms with Crippen LogP contribution in [0.3, 0.4) is 0 Å². The van der Waals surface area contributed by atoms with Crippen LogP contribution in [0.1, 0.15) is 4.79 Å². The van der Waals surface area contributed by atoms with Gasteiger partial charge in [-0.25, -0.2) is 14.2 Å². The zero-order chi connectivity index (χ0) is 17.3. The highest BCUT2D eigenvalue weighted by Gasteiger charge is 2.18. The lowest BCUT2D eigenvalue weighted by molar-refractivity contribution is 0.0877. The molecule has 0 aliphatic rings. The number of fused-ring (bicyclic) bond motifs is 1. The smallest absolute Gasteiger partial charge is 0.427 e. The van der Waals surface area contributed by atoms with Crippen LogP contribution in [-0.2, 0) is 11.3 Å². The number of nitrogens with one attached hydrogen (secondary N) is 1. The van der Waals surface area contributed by atoms with Gasteiger partial charge in [-0.05, 0) is 12.1 Å². The SMILES string of the molecule is COC(=O)Nc1cnn(CC(=O)n2c(=O)oc3c(N)cccc32)n1. The number of amides is 1. The molecule has 24 heavy (non-hydrogen) atoms. The summed E-state index contributed by atoms with van der Waals surface area (Å²) in [7, 11) is 1.20. The van der Waals surface area contributed by atoms with E-state index in [4.69, 9.17) is 10.2 Å².